The minimum atomic E-state index is 0.580. The van der Waals surface area contributed by atoms with Gasteiger partial charge in [0.15, 0.2) is 5.82 Å². The second kappa shape index (κ2) is 12.2. The fourth-order valence-corrected chi connectivity index (χ4v) is 8.38. The fraction of sp³-hybridized carbons (Fsp3) is 0. The molecule has 11 rings (SSSR count). The van der Waals surface area contributed by atoms with Crippen LogP contribution in [0.15, 0.2) is 176 Å². The summed E-state index contributed by atoms with van der Waals surface area (Å²) >= 11 is 0. The van der Waals surface area contributed by atoms with Crippen molar-refractivity contribution in [2.24, 2.45) is 0 Å². The van der Waals surface area contributed by atoms with E-state index in [1.165, 1.54) is 5.39 Å². The van der Waals surface area contributed by atoms with E-state index in [2.05, 4.69) is 146 Å². The molecule has 0 unspecified atom stereocenters. The summed E-state index contributed by atoms with van der Waals surface area (Å²) in [5.74, 6) is 2.20. The monoisotopic (exact) mass is 699 g/mol. The second-order valence-corrected chi connectivity index (χ2v) is 14.0. The van der Waals surface area contributed by atoms with E-state index in [0.717, 1.165) is 93.8 Å². The third-order valence-corrected chi connectivity index (χ3v) is 10.9. The number of nitriles is 1. The first kappa shape index (κ1) is 31.0. The van der Waals surface area contributed by atoms with E-state index >= 15 is 0 Å². The molecule has 10 aromatic rings. The normalized spacial score (nSPS) is 11.8. The van der Waals surface area contributed by atoms with Crippen molar-refractivity contribution in [3.05, 3.63) is 181 Å². The molecule has 0 bridgehead atoms. The van der Waals surface area contributed by atoms with Gasteiger partial charge in [0.1, 0.15) is 11.5 Å². The Bertz CT molecular complexity index is 3180. The third-order valence-electron chi connectivity index (χ3n) is 10.9. The Hall–Kier alpha value is -7.61. The predicted molar refractivity (Wildman–Crippen MR) is 224 cm³/mol. The first-order valence-electron chi connectivity index (χ1n) is 18.4. The molecule has 0 spiro atoms. The lowest BCUT2D eigenvalue weighted by atomic mass is 9.85. The largest absolute Gasteiger partial charge is 0.456 e. The zero-order valence-corrected chi connectivity index (χ0v) is 29.5. The Labute approximate surface area is 317 Å². The van der Waals surface area contributed by atoms with E-state index in [-0.39, 0.29) is 0 Å². The average Bonchev–Trinajstić information content (AvgIpc) is 3.26. The van der Waals surface area contributed by atoms with Gasteiger partial charge in [-0.3, -0.25) is 0 Å². The average molecular weight is 700 g/mol. The summed E-state index contributed by atoms with van der Waals surface area (Å²) in [6.07, 6.45) is 0. The molecule has 1 aliphatic heterocycles. The molecule has 55 heavy (non-hydrogen) atoms. The second-order valence-electron chi connectivity index (χ2n) is 14.0. The standard InChI is InChI=1S/C51H29N3O/c52-30-31-22-23-39-41-25-24-38(40-20-11-21-48(50(40)41)55-49(39)26-31)42-27-43-36-18-9-10-19-37(36)45(28-44(43)35-17-8-7-16-34(35)42)51-53-46(32-12-3-1-4-13-32)29-47(54-51)33-14-5-2-6-15-33/h1-29H. The summed E-state index contributed by atoms with van der Waals surface area (Å²) in [5.41, 5.74) is 9.82. The Morgan fingerprint density at radius 3 is 1.58 bits per heavy atom. The molecular formula is C51H29N3O. The van der Waals surface area contributed by atoms with E-state index in [4.69, 9.17) is 14.7 Å². The maximum atomic E-state index is 9.55. The highest BCUT2D eigenvalue weighted by molar-refractivity contribution is 6.25. The molecular weight excluding hydrogens is 671 g/mol. The fourth-order valence-electron chi connectivity index (χ4n) is 8.38. The highest BCUT2D eigenvalue weighted by Crippen LogP contribution is 2.50. The van der Waals surface area contributed by atoms with Crippen molar-refractivity contribution in [3.8, 4) is 73.7 Å². The van der Waals surface area contributed by atoms with E-state index in [9.17, 15) is 5.26 Å². The molecule has 9 aromatic carbocycles. The number of aromatic nitrogens is 2. The first-order chi connectivity index (χ1) is 27.2. The van der Waals surface area contributed by atoms with Gasteiger partial charge in [-0.1, -0.05) is 133 Å². The quantitative estimate of drug-likeness (QED) is 0.172. The van der Waals surface area contributed by atoms with Gasteiger partial charge in [0.05, 0.1) is 23.0 Å². The third kappa shape index (κ3) is 4.91. The van der Waals surface area contributed by atoms with Crippen LogP contribution < -0.4 is 4.74 Å². The van der Waals surface area contributed by atoms with Crippen molar-refractivity contribution < 1.29 is 4.74 Å². The van der Waals surface area contributed by atoms with Crippen molar-refractivity contribution >= 4 is 43.1 Å². The zero-order chi connectivity index (χ0) is 36.5. The number of fused-ring (bicyclic) bond motifs is 7. The minimum absolute atomic E-state index is 0.580. The van der Waals surface area contributed by atoms with Crippen LogP contribution in [0.4, 0.5) is 0 Å². The highest BCUT2D eigenvalue weighted by atomic mass is 16.5. The number of benzene rings is 9. The molecule has 0 radical (unpaired) electrons. The number of ether oxygens (including phenoxy) is 1. The van der Waals surface area contributed by atoms with Gasteiger partial charge < -0.3 is 4.74 Å². The van der Waals surface area contributed by atoms with Gasteiger partial charge in [-0.05, 0) is 96.9 Å². The SMILES string of the molecule is N#Cc1ccc2c(c1)Oc1cccc3c(-c4cc5c6ccccc6c(-c6nc(-c7ccccc7)cc(-c7ccccc7)n6)cc5c5ccccc45)ccc-2c13. The lowest BCUT2D eigenvalue weighted by Gasteiger charge is -2.23. The van der Waals surface area contributed by atoms with Crippen molar-refractivity contribution in [3.63, 3.8) is 0 Å². The summed E-state index contributed by atoms with van der Waals surface area (Å²) in [7, 11) is 0. The number of nitrogens with zero attached hydrogens (tertiary/aromatic N) is 3. The summed E-state index contributed by atoms with van der Waals surface area (Å²) in [6, 6.07) is 63.4. The summed E-state index contributed by atoms with van der Waals surface area (Å²) < 4.78 is 6.46. The minimum Gasteiger partial charge on any atom is -0.456 e. The summed E-state index contributed by atoms with van der Waals surface area (Å²) in [4.78, 5) is 10.5. The topological polar surface area (TPSA) is 58.8 Å². The Morgan fingerprint density at radius 2 is 0.927 bits per heavy atom. The Morgan fingerprint density at radius 1 is 0.382 bits per heavy atom. The van der Waals surface area contributed by atoms with Crippen LogP contribution in [-0.2, 0) is 0 Å². The van der Waals surface area contributed by atoms with Crippen molar-refractivity contribution in [1.29, 1.82) is 5.26 Å². The van der Waals surface area contributed by atoms with Gasteiger partial charge in [0.25, 0.3) is 0 Å². The molecule has 0 amide bonds. The smallest absolute Gasteiger partial charge is 0.161 e. The number of hydrogen-bond acceptors (Lipinski definition) is 4. The van der Waals surface area contributed by atoms with Crippen LogP contribution in [0, 0.1) is 11.3 Å². The zero-order valence-electron chi connectivity index (χ0n) is 29.5. The molecule has 2 heterocycles. The van der Waals surface area contributed by atoms with Gasteiger partial charge in [0, 0.05) is 27.6 Å². The summed E-state index contributed by atoms with van der Waals surface area (Å²) in [6.45, 7) is 0. The van der Waals surface area contributed by atoms with Crippen LogP contribution in [0.3, 0.4) is 0 Å². The van der Waals surface area contributed by atoms with Gasteiger partial charge >= 0.3 is 0 Å². The molecule has 1 aromatic heterocycles. The maximum absolute atomic E-state index is 9.55. The molecule has 0 atom stereocenters. The highest BCUT2D eigenvalue weighted by Gasteiger charge is 2.24. The van der Waals surface area contributed by atoms with E-state index in [0.29, 0.717) is 17.1 Å². The van der Waals surface area contributed by atoms with Crippen molar-refractivity contribution in [1.82, 2.24) is 9.97 Å². The molecule has 254 valence electrons. The van der Waals surface area contributed by atoms with Crippen LogP contribution in [-0.4, -0.2) is 9.97 Å². The lowest BCUT2D eigenvalue weighted by Crippen LogP contribution is -1.99. The van der Waals surface area contributed by atoms with E-state index < -0.39 is 0 Å². The van der Waals surface area contributed by atoms with Crippen LogP contribution in [0.1, 0.15) is 5.56 Å². The number of hydrogen-bond donors (Lipinski definition) is 0. The molecule has 0 fully saturated rings. The molecule has 0 saturated carbocycles. The first-order valence-corrected chi connectivity index (χ1v) is 18.4. The van der Waals surface area contributed by atoms with Crippen LogP contribution >= 0.6 is 0 Å². The molecule has 4 heteroatoms. The Balaban J connectivity index is 1.18. The Kier molecular flexibility index (Phi) is 6.89. The lowest BCUT2D eigenvalue weighted by molar-refractivity contribution is 0.487. The van der Waals surface area contributed by atoms with Crippen molar-refractivity contribution in [2.75, 3.05) is 0 Å². The molecule has 0 aliphatic carbocycles. The van der Waals surface area contributed by atoms with Gasteiger partial charge in [-0.15, -0.1) is 0 Å². The molecule has 0 saturated heterocycles. The molecule has 4 nitrogen and oxygen atoms in total. The predicted octanol–water partition coefficient (Wildman–Crippen LogP) is 13.4. The van der Waals surface area contributed by atoms with Crippen LogP contribution in [0.2, 0.25) is 0 Å². The van der Waals surface area contributed by atoms with Crippen LogP contribution in [0.5, 0.6) is 11.5 Å². The maximum Gasteiger partial charge on any atom is 0.161 e. The van der Waals surface area contributed by atoms with E-state index in [1.54, 1.807) is 0 Å². The van der Waals surface area contributed by atoms with Gasteiger partial charge in [-0.25, -0.2) is 9.97 Å². The molecule has 1 aliphatic rings. The van der Waals surface area contributed by atoms with Gasteiger partial charge in [-0.2, -0.15) is 5.26 Å². The van der Waals surface area contributed by atoms with E-state index in [1.807, 2.05) is 36.4 Å². The number of rotatable bonds is 4. The molecule has 0 N–H and O–H groups in total. The van der Waals surface area contributed by atoms with Crippen molar-refractivity contribution in [2.45, 2.75) is 0 Å². The van der Waals surface area contributed by atoms with Gasteiger partial charge in [0.2, 0.25) is 0 Å². The summed E-state index contributed by atoms with van der Waals surface area (Å²) in [5, 5.41) is 18.6. The van der Waals surface area contributed by atoms with Crippen LogP contribution in [0.25, 0.3) is 99.2 Å².